The van der Waals surface area contributed by atoms with Crippen LogP contribution in [0.5, 0.6) is 0 Å². The summed E-state index contributed by atoms with van der Waals surface area (Å²) in [5, 5.41) is 6.22. The minimum atomic E-state index is -2.90. The molecule has 4 unspecified atom stereocenters. The molecular formula is C30H42ClF2N5O4S. The Balaban J connectivity index is 1.35. The number of anilines is 1. The van der Waals surface area contributed by atoms with Crippen LogP contribution in [0.1, 0.15) is 63.0 Å². The monoisotopic (exact) mass is 641 g/mol. The molecule has 4 heterocycles. The Kier molecular flexibility index (Phi) is 9.99. The van der Waals surface area contributed by atoms with Gasteiger partial charge in [-0.2, -0.15) is 0 Å². The standard InChI is InChI=1S/C30H42ClF2N5O4S/c1-30(2)9-10-42-26(13-30)27(18-5-8-22(31)23(32)12-18)28(34)29(39)37-25-16-35-15-24(33)21(25)7-6-20-14-36-19-4-3-11-43(40,41)38(20)17-19/h5,8,12,15-16,19-20,26-28,36,40-41H,3-4,6-7,9-11,13-14,17,34H2,1-2H3,(H,37,39)/t19?,20?,26?,27-,28+/m0/s1. The van der Waals surface area contributed by atoms with Crippen LogP contribution >= 0.6 is 22.4 Å². The van der Waals surface area contributed by atoms with Gasteiger partial charge in [0.2, 0.25) is 5.91 Å². The molecule has 3 fully saturated rings. The third-order valence-electron chi connectivity index (χ3n) is 9.07. The van der Waals surface area contributed by atoms with Crippen LogP contribution in [-0.2, 0) is 16.0 Å². The fourth-order valence-corrected chi connectivity index (χ4v) is 8.57. The third-order valence-corrected chi connectivity index (χ3v) is 11.4. The number of hydrogen-bond donors (Lipinski definition) is 5. The molecule has 6 N–H and O–H groups in total. The summed E-state index contributed by atoms with van der Waals surface area (Å²) >= 11 is 5.94. The third kappa shape index (κ3) is 7.50. The molecule has 0 aliphatic carbocycles. The predicted octanol–water partition coefficient (Wildman–Crippen LogP) is 5.30. The maximum atomic E-state index is 15.2. The first-order valence-electron chi connectivity index (χ1n) is 14.9. The van der Waals surface area contributed by atoms with Crippen LogP contribution in [0.2, 0.25) is 5.02 Å². The molecule has 3 saturated heterocycles. The second-order valence-electron chi connectivity index (χ2n) is 12.8. The van der Waals surface area contributed by atoms with Crippen molar-refractivity contribution in [2.45, 2.75) is 82.5 Å². The van der Waals surface area contributed by atoms with Crippen molar-refractivity contribution >= 4 is 34.0 Å². The van der Waals surface area contributed by atoms with Gasteiger partial charge in [-0.3, -0.25) is 18.9 Å². The molecule has 43 heavy (non-hydrogen) atoms. The molecule has 6 atom stereocenters. The smallest absolute Gasteiger partial charge is 0.242 e. The molecule has 0 radical (unpaired) electrons. The second-order valence-corrected chi connectivity index (χ2v) is 15.3. The van der Waals surface area contributed by atoms with Crippen molar-refractivity contribution in [3.63, 3.8) is 0 Å². The van der Waals surface area contributed by atoms with Crippen molar-refractivity contribution in [3.8, 4) is 0 Å². The van der Waals surface area contributed by atoms with Crippen molar-refractivity contribution < 1.29 is 27.4 Å². The normalized spacial score (nSPS) is 28.7. The minimum absolute atomic E-state index is 0.0361. The number of nitrogens with one attached hydrogen (secondary N) is 2. The second kappa shape index (κ2) is 13.2. The maximum absolute atomic E-state index is 15.2. The zero-order valence-electron chi connectivity index (χ0n) is 24.6. The molecule has 3 aliphatic heterocycles. The van der Waals surface area contributed by atoms with Gasteiger partial charge in [-0.15, -0.1) is 10.8 Å². The fourth-order valence-electron chi connectivity index (χ4n) is 6.58. The molecular weight excluding hydrogens is 600 g/mol. The van der Waals surface area contributed by atoms with E-state index < -0.39 is 46.4 Å². The average Bonchev–Trinajstić information content (AvgIpc) is 3.06. The van der Waals surface area contributed by atoms with Crippen LogP contribution in [0.3, 0.4) is 0 Å². The zero-order chi connectivity index (χ0) is 30.9. The lowest BCUT2D eigenvalue weighted by Crippen LogP contribution is -2.55. The summed E-state index contributed by atoms with van der Waals surface area (Å²) in [7, 11) is -2.90. The first kappa shape index (κ1) is 32.5. The number of aromatic nitrogens is 1. The highest BCUT2D eigenvalue weighted by Gasteiger charge is 2.41. The Labute approximate surface area is 258 Å². The number of piperazine rings is 1. The van der Waals surface area contributed by atoms with Crippen LogP contribution < -0.4 is 16.4 Å². The molecule has 9 nitrogen and oxygen atoms in total. The molecule has 2 aromatic rings. The molecule has 238 valence electrons. The molecule has 1 amide bonds. The fraction of sp³-hybridized carbons (Fsp3) is 0.600. The van der Waals surface area contributed by atoms with E-state index in [4.69, 9.17) is 22.1 Å². The van der Waals surface area contributed by atoms with E-state index in [9.17, 15) is 18.3 Å². The quantitative estimate of drug-likeness (QED) is 0.262. The van der Waals surface area contributed by atoms with E-state index in [1.165, 1.54) is 18.3 Å². The number of carbonyl (C=O) groups is 1. The van der Waals surface area contributed by atoms with Crippen molar-refractivity contribution in [1.29, 1.82) is 0 Å². The van der Waals surface area contributed by atoms with Gasteiger partial charge < -0.3 is 21.1 Å². The van der Waals surface area contributed by atoms with E-state index in [-0.39, 0.29) is 40.2 Å². The van der Waals surface area contributed by atoms with Crippen LogP contribution in [0.15, 0.2) is 30.6 Å². The SMILES string of the molecule is CC1(C)CCOC([C@H](c2ccc(Cl)c(F)c2)[C@@H](N)C(=O)Nc2cncc(F)c2CCC2CNC3CCCS(O)(O)N2C3)C1. The Morgan fingerprint density at radius 2 is 2.12 bits per heavy atom. The molecule has 0 saturated carbocycles. The summed E-state index contributed by atoms with van der Waals surface area (Å²) in [5.74, 6) is -2.14. The lowest BCUT2D eigenvalue weighted by atomic mass is 9.75. The topological polar surface area (TPSA) is 133 Å². The number of amides is 1. The summed E-state index contributed by atoms with van der Waals surface area (Å²) in [4.78, 5) is 17.6. The maximum Gasteiger partial charge on any atom is 0.242 e. The Morgan fingerprint density at radius 1 is 1.33 bits per heavy atom. The number of nitrogens with zero attached hydrogens (tertiary/aromatic N) is 2. The van der Waals surface area contributed by atoms with E-state index in [0.29, 0.717) is 43.9 Å². The number of carbonyl (C=O) groups excluding carboxylic acids is 1. The highest BCUT2D eigenvalue weighted by molar-refractivity contribution is 8.22. The number of fused-ring (bicyclic) bond motifs is 2. The summed E-state index contributed by atoms with van der Waals surface area (Å²) < 4.78 is 59.1. The van der Waals surface area contributed by atoms with Gasteiger partial charge in [-0.25, -0.2) is 13.1 Å². The number of ether oxygens (including phenoxy) is 1. The van der Waals surface area contributed by atoms with Gasteiger partial charge in [-0.05, 0) is 61.6 Å². The van der Waals surface area contributed by atoms with Crippen molar-refractivity contribution in [2.75, 3.05) is 30.8 Å². The minimum Gasteiger partial charge on any atom is -0.377 e. The first-order valence-corrected chi connectivity index (χ1v) is 16.9. The van der Waals surface area contributed by atoms with Crippen LogP contribution in [0.25, 0.3) is 0 Å². The number of nitrogens with two attached hydrogens (primary N) is 1. The molecule has 13 heteroatoms. The number of benzene rings is 1. The van der Waals surface area contributed by atoms with Crippen LogP contribution in [0, 0.1) is 17.0 Å². The molecule has 1 aromatic heterocycles. The molecule has 1 aromatic carbocycles. The van der Waals surface area contributed by atoms with Gasteiger partial charge in [0.25, 0.3) is 0 Å². The summed E-state index contributed by atoms with van der Waals surface area (Å²) in [6, 6.07) is 3.21. The van der Waals surface area contributed by atoms with Gasteiger partial charge in [-0.1, -0.05) is 31.5 Å². The van der Waals surface area contributed by atoms with Gasteiger partial charge in [0.15, 0.2) is 0 Å². The number of rotatable bonds is 8. The Morgan fingerprint density at radius 3 is 2.86 bits per heavy atom. The number of pyridine rings is 1. The molecule has 0 spiro atoms. The molecule has 5 rings (SSSR count). The Hall–Kier alpha value is -1.90. The van der Waals surface area contributed by atoms with E-state index >= 15 is 4.39 Å². The van der Waals surface area contributed by atoms with E-state index in [2.05, 4.69) is 29.5 Å². The highest BCUT2D eigenvalue weighted by Crippen LogP contribution is 2.49. The van der Waals surface area contributed by atoms with E-state index in [1.807, 2.05) is 0 Å². The molecule has 2 bridgehead atoms. The lowest BCUT2D eigenvalue weighted by Gasteiger charge is -2.49. The zero-order valence-corrected chi connectivity index (χ0v) is 26.1. The van der Waals surface area contributed by atoms with Crippen molar-refractivity contribution in [3.05, 3.63) is 58.4 Å². The summed E-state index contributed by atoms with van der Waals surface area (Å²) in [6.45, 7) is 5.79. The first-order chi connectivity index (χ1) is 20.3. The van der Waals surface area contributed by atoms with Crippen molar-refractivity contribution in [2.24, 2.45) is 11.1 Å². The largest absolute Gasteiger partial charge is 0.377 e. The lowest BCUT2D eigenvalue weighted by molar-refractivity contribution is -0.120. The summed E-state index contributed by atoms with van der Waals surface area (Å²) in [6.07, 6.45) is 5.75. The highest BCUT2D eigenvalue weighted by atomic mass is 35.5. The predicted molar refractivity (Wildman–Crippen MR) is 165 cm³/mol. The Bertz CT molecular complexity index is 1320. The van der Waals surface area contributed by atoms with Gasteiger partial charge in [0.05, 0.1) is 41.0 Å². The average molecular weight is 642 g/mol. The van der Waals surface area contributed by atoms with Crippen LogP contribution in [0.4, 0.5) is 14.5 Å². The van der Waals surface area contributed by atoms with Gasteiger partial charge in [0.1, 0.15) is 11.6 Å². The van der Waals surface area contributed by atoms with E-state index in [1.54, 1.807) is 10.4 Å². The van der Waals surface area contributed by atoms with Crippen molar-refractivity contribution in [1.82, 2.24) is 14.6 Å². The van der Waals surface area contributed by atoms with Crippen LogP contribution in [-0.4, -0.2) is 74.0 Å². The number of halogens is 3. The summed E-state index contributed by atoms with van der Waals surface area (Å²) in [5.41, 5.74) is 7.47. The molecule has 3 aliphatic rings. The van der Waals surface area contributed by atoms with Gasteiger partial charge >= 0.3 is 0 Å². The number of hydrogen-bond acceptors (Lipinski definition) is 8. The van der Waals surface area contributed by atoms with Gasteiger partial charge in [0, 0.05) is 43.3 Å². The van der Waals surface area contributed by atoms with E-state index in [0.717, 1.165) is 25.5 Å².